The minimum absolute atomic E-state index is 0.0120. The Labute approximate surface area is 199 Å². The molecule has 0 radical (unpaired) electrons. The first-order valence-electron chi connectivity index (χ1n) is 11.5. The van der Waals surface area contributed by atoms with Gasteiger partial charge in [-0.3, -0.25) is 9.59 Å². The summed E-state index contributed by atoms with van der Waals surface area (Å²) in [5, 5.41) is 2.01. The zero-order chi connectivity index (χ0) is 23.3. The second-order valence-corrected chi connectivity index (χ2v) is 8.38. The Kier molecular flexibility index (Phi) is 6.25. The number of hydrogen-bond acceptors (Lipinski definition) is 3. The molecule has 0 N–H and O–H groups in total. The van der Waals surface area contributed by atoms with Gasteiger partial charge in [0.25, 0.3) is 11.8 Å². The normalized spacial score (nSPS) is 13.6. The number of hydrogen-bond donors (Lipinski definition) is 0. The van der Waals surface area contributed by atoms with Gasteiger partial charge in [-0.25, -0.2) is 0 Å². The van der Waals surface area contributed by atoms with Crippen LogP contribution in [-0.4, -0.2) is 54.4 Å². The van der Waals surface area contributed by atoms with Gasteiger partial charge in [0.1, 0.15) is 5.75 Å². The highest BCUT2D eigenvalue weighted by molar-refractivity contribution is 6.07. The van der Waals surface area contributed by atoms with Crippen molar-refractivity contribution in [2.45, 2.75) is 0 Å². The highest BCUT2D eigenvalue weighted by Crippen LogP contribution is 2.23. The molecule has 1 aliphatic rings. The van der Waals surface area contributed by atoms with Gasteiger partial charge in [0.05, 0.1) is 0 Å². The zero-order valence-corrected chi connectivity index (χ0v) is 18.9. The number of nitrogens with zero attached hydrogens (tertiary/aromatic N) is 2. The van der Waals surface area contributed by atoms with Crippen molar-refractivity contribution in [1.29, 1.82) is 0 Å². The van der Waals surface area contributed by atoms with Crippen LogP contribution in [0.4, 0.5) is 0 Å². The van der Waals surface area contributed by atoms with E-state index in [0.717, 1.165) is 21.9 Å². The highest BCUT2D eigenvalue weighted by Gasteiger charge is 2.25. The molecule has 5 rings (SSSR count). The van der Waals surface area contributed by atoms with E-state index < -0.39 is 0 Å². The first kappa shape index (κ1) is 21.7. The molecular formula is C29H26N2O3. The largest absolute Gasteiger partial charge is 0.484 e. The van der Waals surface area contributed by atoms with Crippen LogP contribution in [-0.2, 0) is 4.79 Å². The molecule has 1 saturated heterocycles. The Morgan fingerprint density at radius 1 is 0.647 bits per heavy atom. The Balaban J connectivity index is 1.14. The van der Waals surface area contributed by atoms with Crippen LogP contribution in [0.2, 0.25) is 0 Å². The Hall–Kier alpha value is -4.12. The van der Waals surface area contributed by atoms with E-state index >= 15 is 0 Å². The van der Waals surface area contributed by atoms with Crippen molar-refractivity contribution in [3.8, 4) is 16.9 Å². The predicted octanol–water partition coefficient (Wildman–Crippen LogP) is 4.87. The van der Waals surface area contributed by atoms with Crippen LogP contribution < -0.4 is 4.74 Å². The van der Waals surface area contributed by atoms with E-state index in [0.29, 0.717) is 37.5 Å². The number of amides is 2. The first-order chi connectivity index (χ1) is 16.7. The first-order valence-corrected chi connectivity index (χ1v) is 11.5. The molecule has 1 heterocycles. The average Bonchev–Trinajstić information content (AvgIpc) is 2.92. The lowest BCUT2D eigenvalue weighted by Gasteiger charge is -2.35. The molecule has 5 nitrogen and oxygen atoms in total. The maximum atomic E-state index is 13.1. The number of fused-ring (bicyclic) bond motifs is 1. The summed E-state index contributed by atoms with van der Waals surface area (Å²) in [5.41, 5.74) is 2.95. The average molecular weight is 451 g/mol. The number of ether oxygens (including phenoxy) is 1. The molecule has 4 aromatic carbocycles. The Morgan fingerprint density at radius 3 is 2.03 bits per heavy atom. The van der Waals surface area contributed by atoms with Gasteiger partial charge in [0, 0.05) is 31.7 Å². The second kappa shape index (κ2) is 9.79. The van der Waals surface area contributed by atoms with Gasteiger partial charge in [0.15, 0.2) is 6.61 Å². The molecule has 0 unspecified atom stereocenters. The van der Waals surface area contributed by atoms with E-state index in [1.54, 1.807) is 4.90 Å². The summed E-state index contributed by atoms with van der Waals surface area (Å²) in [6.07, 6.45) is 0. The van der Waals surface area contributed by atoms with Crippen LogP contribution in [0, 0.1) is 0 Å². The fourth-order valence-electron chi connectivity index (χ4n) is 4.35. The van der Waals surface area contributed by atoms with Crippen LogP contribution in [0.5, 0.6) is 5.75 Å². The number of rotatable bonds is 5. The maximum absolute atomic E-state index is 13.1. The van der Waals surface area contributed by atoms with Crippen LogP contribution in [0.25, 0.3) is 21.9 Å². The minimum atomic E-state index is -0.0654. The Bertz CT molecular complexity index is 1290. The molecule has 0 aliphatic carbocycles. The van der Waals surface area contributed by atoms with Gasteiger partial charge in [-0.1, -0.05) is 78.9 Å². The van der Waals surface area contributed by atoms with Crippen molar-refractivity contribution in [3.63, 3.8) is 0 Å². The molecule has 0 bridgehead atoms. The molecule has 0 aromatic heterocycles. The van der Waals surface area contributed by atoms with Crippen molar-refractivity contribution in [3.05, 3.63) is 103 Å². The topological polar surface area (TPSA) is 49.9 Å². The van der Waals surface area contributed by atoms with E-state index in [1.165, 1.54) is 0 Å². The molecule has 1 aliphatic heterocycles. The van der Waals surface area contributed by atoms with E-state index in [2.05, 4.69) is 12.1 Å². The quantitative estimate of drug-likeness (QED) is 0.436. The van der Waals surface area contributed by atoms with Crippen molar-refractivity contribution >= 4 is 22.6 Å². The molecule has 0 spiro atoms. The maximum Gasteiger partial charge on any atom is 0.260 e. The zero-order valence-electron chi connectivity index (χ0n) is 18.9. The summed E-state index contributed by atoms with van der Waals surface area (Å²) in [5.74, 6) is 0.612. The van der Waals surface area contributed by atoms with Gasteiger partial charge in [-0.15, -0.1) is 0 Å². The molecule has 1 fully saturated rings. The lowest BCUT2D eigenvalue weighted by atomic mass is 10.0. The third-order valence-corrected chi connectivity index (χ3v) is 6.26. The standard InChI is InChI=1S/C29H26N2O3/c32-28(21-34-25-15-13-23(14-16-25)22-7-2-1-3-8-22)30-17-19-31(20-18-30)29(33)27-12-6-10-24-9-4-5-11-26(24)27/h1-16H,17-21H2. The third-order valence-electron chi connectivity index (χ3n) is 6.26. The Morgan fingerprint density at radius 2 is 1.26 bits per heavy atom. The van der Waals surface area contributed by atoms with E-state index in [1.807, 2.05) is 89.8 Å². The molecule has 0 atom stereocenters. The fraction of sp³-hybridized carbons (Fsp3) is 0.172. The monoisotopic (exact) mass is 450 g/mol. The smallest absolute Gasteiger partial charge is 0.260 e. The van der Waals surface area contributed by atoms with E-state index in [4.69, 9.17) is 4.74 Å². The van der Waals surface area contributed by atoms with Crippen molar-refractivity contribution in [1.82, 2.24) is 9.80 Å². The number of carbonyl (C=O) groups is 2. The summed E-state index contributed by atoms with van der Waals surface area (Å²) in [6.45, 7) is 2.03. The van der Waals surface area contributed by atoms with Crippen LogP contribution in [0.3, 0.4) is 0 Å². The third kappa shape index (κ3) is 4.64. The van der Waals surface area contributed by atoms with Gasteiger partial charge >= 0.3 is 0 Å². The van der Waals surface area contributed by atoms with Gasteiger partial charge in [0.2, 0.25) is 0 Å². The van der Waals surface area contributed by atoms with Gasteiger partial charge in [-0.05, 0) is 40.1 Å². The number of carbonyl (C=O) groups excluding carboxylic acids is 2. The van der Waals surface area contributed by atoms with Crippen LogP contribution in [0.1, 0.15) is 10.4 Å². The molecule has 170 valence electrons. The summed E-state index contributed by atoms with van der Waals surface area (Å²) in [7, 11) is 0. The van der Waals surface area contributed by atoms with Crippen LogP contribution >= 0.6 is 0 Å². The molecule has 34 heavy (non-hydrogen) atoms. The summed E-state index contributed by atoms with van der Waals surface area (Å²) in [4.78, 5) is 29.4. The van der Waals surface area contributed by atoms with Gasteiger partial charge in [-0.2, -0.15) is 0 Å². The molecule has 2 amide bonds. The van der Waals surface area contributed by atoms with Crippen molar-refractivity contribution in [2.24, 2.45) is 0 Å². The summed E-state index contributed by atoms with van der Waals surface area (Å²) < 4.78 is 5.73. The molecular weight excluding hydrogens is 424 g/mol. The van der Waals surface area contributed by atoms with Crippen molar-refractivity contribution < 1.29 is 14.3 Å². The van der Waals surface area contributed by atoms with Gasteiger partial charge < -0.3 is 14.5 Å². The van der Waals surface area contributed by atoms with Crippen LogP contribution in [0.15, 0.2) is 97.1 Å². The molecule has 4 aromatic rings. The lowest BCUT2D eigenvalue weighted by molar-refractivity contribution is -0.134. The molecule has 0 saturated carbocycles. The van der Waals surface area contributed by atoms with Crippen molar-refractivity contribution in [2.75, 3.05) is 32.8 Å². The van der Waals surface area contributed by atoms with E-state index in [9.17, 15) is 9.59 Å². The fourth-order valence-corrected chi connectivity index (χ4v) is 4.35. The SMILES string of the molecule is O=C(COc1ccc(-c2ccccc2)cc1)N1CCN(C(=O)c2cccc3ccccc23)CC1. The second-order valence-electron chi connectivity index (χ2n) is 8.38. The predicted molar refractivity (Wildman–Crippen MR) is 134 cm³/mol. The summed E-state index contributed by atoms with van der Waals surface area (Å²) in [6, 6.07) is 31.6. The number of benzene rings is 4. The highest BCUT2D eigenvalue weighted by atomic mass is 16.5. The van der Waals surface area contributed by atoms with E-state index in [-0.39, 0.29) is 18.4 Å². The molecule has 5 heteroatoms. The lowest BCUT2D eigenvalue weighted by Crippen LogP contribution is -2.51. The summed E-state index contributed by atoms with van der Waals surface area (Å²) >= 11 is 0. The number of piperazine rings is 1. The minimum Gasteiger partial charge on any atom is -0.484 e.